The molecule has 3 heteroatoms. The van der Waals surface area contributed by atoms with Gasteiger partial charge in [-0.05, 0) is 94.5 Å². The molecule has 2 aromatic heterocycles. The van der Waals surface area contributed by atoms with E-state index in [4.69, 9.17) is 4.42 Å². The van der Waals surface area contributed by atoms with Crippen molar-refractivity contribution < 1.29 is 4.42 Å². The number of hydrogen-bond donors (Lipinski definition) is 0. The summed E-state index contributed by atoms with van der Waals surface area (Å²) < 4.78 is 9.05. The second-order valence-corrected chi connectivity index (χ2v) is 14.5. The van der Waals surface area contributed by atoms with Gasteiger partial charge in [0, 0.05) is 55.9 Å². The highest BCUT2D eigenvalue weighted by molar-refractivity contribution is 6.27. The van der Waals surface area contributed by atoms with Crippen molar-refractivity contribution in [1.29, 1.82) is 0 Å². The maximum absolute atomic E-state index is 6.65. The highest BCUT2D eigenvalue weighted by Crippen LogP contribution is 2.47. The maximum atomic E-state index is 6.65. The number of aromatic nitrogens is 1. The van der Waals surface area contributed by atoms with Crippen LogP contribution in [0.15, 0.2) is 223 Å². The monoisotopic (exact) mass is 728 g/mol. The first-order valence-corrected chi connectivity index (χ1v) is 19.4. The van der Waals surface area contributed by atoms with Crippen molar-refractivity contribution >= 4 is 60.8 Å². The van der Waals surface area contributed by atoms with Crippen LogP contribution in [0.4, 0.5) is 17.1 Å². The predicted molar refractivity (Wildman–Crippen MR) is 239 cm³/mol. The minimum Gasteiger partial charge on any atom is -0.456 e. The van der Waals surface area contributed by atoms with Crippen LogP contribution >= 0.6 is 0 Å². The van der Waals surface area contributed by atoms with E-state index in [9.17, 15) is 0 Å². The number of furan rings is 1. The molecule has 0 unspecified atom stereocenters. The Morgan fingerprint density at radius 3 is 1.49 bits per heavy atom. The summed E-state index contributed by atoms with van der Waals surface area (Å²) in [5.74, 6) is 0. The van der Waals surface area contributed by atoms with Gasteiger partial charge in [-0.15, -0.1) is 0 Å². The van der Waals surface area contributed by atoms with Gasteiger partial charge in [-0.3, -0.25) is 0 Å². The molecule has 0 spiro atoms. The fraction of sp³-hybridized carbons (Fsp3) is 0. The summed E-state index contributed by atoms with van der Waals surface area (Å²) in [5.41, 5.74) is 15.6. The third kappa shape index (κ3) is 5.60. The van der Waals surface area contributed by atoms with Gasteiger partial charge in [-0.2, -0.15) is 0 Å². The van der Waals surface area contributed by atoms with Gasteiger partial charge in [-0.1, -0.05) is 146 Å². The van der Waals surface area contributed by atoms with Gasteiger partial charge in [0.2, 0.25) is 0 Å². The zero-order valence-electron chi connectivity index (χ0n) is 31.1. The molecule has 0 aliphatic heterocycles. The quantitative estimate of drug-likeness (QED) is 0.163. The zero-order chi connectivity index (χ0) is 37.7. The van der Waals surface area contributed by atoms with Crippen LogP contribution in [0.1, 0.15) is 0 Å². The van der Waals surface area contributed by atoms with Crippen molar-refractivity contribution in [2.24, 2.45) is 0 Å². The summed E-state index contributed by atoms with van der Waals surface area (Å²) in [7, 11) is 0. The summed E-state index contributed by atoms with van der Waals surface area (Å²) in [4.78, 5) is 2.29. The zero-order valence-corrected chi connectivity index (χ0v) is 31.1. The van der Waals surface area contributed by atoms with E-state index >= 15 is 0 Å². The standard InChI is InChI=1S/C54H36N2O/c1-5-15-37(16-6-1)41-29-34-48-47(35-41)53-49(36-51-54(46-23-13-14-24-50(46)57-51)52(53)40-17-7-2-8-18-40)56(48)45-32-27-39(28-33-45)38-25-30-44(31-26-38)55(42-19-9-3-10-20-42)43-21-11-4-12-22-43/h1-36H. The van der Waals surface area contributed by atoms with Gasteiger partial charge in [0.05, 0.1) is 11.0 Å². The summed E-state index contributed by atoms with van der Waals surface area (Å²) in [6.07, 6.45) is 0. The molecular weight excluding hydrogens is 693 g/mol. The Hall–Kier alpha value is -7.62. The minimum absolute atomic E-state index is 0.881. The highest BCUT2D eigenvalue weighted by atomic mass is 16.3. The number of nitrogens with zero attached hydrogens (tertiary/aromatic N) is 2. The van der Waals surface area contributed by atoms with Crippen molar-refractivity contribution in [1.82, 2.24) is 4.57 Å². The first kappa shape index (κ1) is 32.8. The number of fused-ring (bicyclic) bond motifs is 6. The topological polar surface area (TPSA) is 21.3 Å². The number of benzene rings is 9. The SMILES string of the molecule is c1ccc(-c2ccc3c(c2)c2c(-c4ccccc4)c4c(cc2n3-c2ccc(-c3ccc(N(c5ccccc5)c5ccccc5)cc3)cc2)oc2ccccc24)cc1. The second-order valence-electron chi connectivity index (χ2n) is 14.5. The molecule has 11 aromatic rings. The van der Waals surface area contributed by atoms with Gasteiger partial charge in [0.1, 0.15) is 11.2 Å². The van der Waals surface area contributed by atoms with Gasteiger partial charge >= 0.3 is 0 Å². The van der Waals surface area contributed by atoms with Crippen molar-refractivity contribution in [2.75, 3.05) is 4.90 Å². The van der Waals surface area contributed by atoms with E-state index in [2.05, 4.69) is 222 Å². The summed E-state index contributed by atoms with van der Waals surface area (Å²) in [5, 5.41) is 4.69. The normalized spacial score (nSPS) is 11.5. The van der Waals surface area contributed by atoms with E-state index in [1.807, 2.05) is 6.07 Å². The molecule has 0 atom stereocenters. The fourth-order valence-electron chi connectivity index (χ4n) is 8.57. The molecule has 0 saturated heterocycles. The Kier molecular flexibility index (Phi) is 7.82. The Morgan fingerprint density at radius 2 is 0.842 bits per heavy atom. The molecule has 3 nitrogen and oxygen atoms in total. The number of hydrogen-bond acceptors (Lipinski definition) is 2. The van der Waals surface area contributed by atoms with E-state index in [1.54, 1.807) is 0 Å². The first-order valence-electron chi connectivity index (χ1n) is 19.4. The van der Waals surface area contributed by atoms with Gasteiger partial charge in [0.15, 0.2) is 0 Å². The van der Waals surface area contributed by atoms with E-state index in [-0.39, 0.29) is 0 Å². The van der Waals surface area contributed by atoms with Crippen molar-refractivity contribution in [3.63, 3.8) is 0 Å². The number of anilines is 3. The largest absolute Gasteiger partial charge is 0.456 e. The molecular formula is C54H36N2O. The summed E-state index contributed by atoms with van der Waals surface area (Å²) in [6, 6.07) is 77.9. The van der Waals surface area contributed by atoms with Crippen LogP contribution in [-0.2, 0) is 0 Å². The Labute approximate surface area is 330 Å². The number of rotatable bonds is 7. The van der Waals surface area contributed by atoms with Gasteiger partial charge in [-0.25, -0.2) is 0 Å². The van der Waals surface area contributed by atoms with Crippen LogP contribution in [0.25, 0.3) is 82.8 Å². The highest BCUT2D eigenvalue weighted by Gasteiger charge is 2.23. The molecule has 0 aliphatic carbocycles. The average Bonchev–Trinajstić information content (AvgIpc) is 3.82. The van der Waals surface area contributed by atoms with Gasteiger partial charge in [0.25, 0.3) is 0 Å². The van der Waals surface area contributed by atoms with Crippen LogP contribution in [0.2, 0.25) is 0 Å². The summed E-state index contributed by atoms with van der Waals surface area (Å²) in [6.45, 7) is 0. The maximum Gasteiger partial charge on any atom is 0.138 e. The lowest BCUT2D eigenvalue weighted by Gasteiger charge is -2.25. The molecule has 0 bridgehead atoms. The lowest BCUT2D eigenvalue weighted by Crippen LogP contribution is -2.09. The van der Waals surface area contributed by atoms with E-state index in [0.717, 1.165) is 66.8 Å². The van der Waals surface area contributed by atoms with Crippen molar-refractivity contribution in [3.8, 4) is 39.1 Å². The first-order chi connectivity index (χ1) is 28.3. The third-order valence-corrected chi connectivity index (χ3v) is 11.2. The molecule has 268 valence electrons. The molecule has 0 aliphatic rings. The molecule has 2 heterocycles. The van der Waals surface area contributed by atoms with Gasteiger partial charge < -0.3 is 13.9 Å². The van der Waals surface area contributed by atoms with Crippen molar-refractivity contribution in [2.45, 2.75) is 0 Å². The van der Waals surface area contributed by atoms with Crippen LogP contribution < -0.4 is 4.90 Å². The molecule has 0 fully saturated rings. The Balaban J connectivity index is 1.08. The molecule has 0 radical (unpaired) electrons. The van der Waals surface area contributed by atoms with E-state index < -0.39 is 0 Å². The lowest BCUT2D eigenvalue weighted by atomic mass is 9.93. The molecule has 57 heavy (non-hydrogen) atoms. The average molecular weight is 729 g/mol. The third-order valence-electron chi connectivity index (χ3n) is 11.2. The number of para-hydroxylation sites is 3. The second kappa shape index (κ2) is 13.6. The molecule has 0 saturated carbocycles. The molecule has 0 N–H and O–H groups in total. The van der Waals surface area contributed by atoms with Crippen LogP contribution in [0.5, 0.6) is 0 Å². The molecule has 0 amide bonds. The van der Waals surface area contributed by atoms with Crippen LogP contribution in [0, 0.1) is 0 Å². The smallest absolute Gasteiger partial charge is 0.138 e. The molecule has 11 rings (SSSR count). The summed E-state index contributed by atoms with van der Waals surface area (Å²) >= 11 is 0. The minimum atomic E-state index is 0.881. The fourth-order valence-corrected chi connectivity index (χ4v) is 8.57. The van der Waals surface area contributed by atoms with E-state index in [0.29, 0.717) is 0 Å². The van der Waals surface area contributed by atoms with E-state index in [1.165, 1.54) is 33.0 Å². The van der Waals surface area contributed by atoms with Crippen LogP contribution in [0.3, 0.4) is 0 Å². The van der Waals surface area contributed by atoms with Crippen LogP contribution in [-0.4, -0.2) is 4.57 Å². The Morgan fingerprint density at radius 1 is 0.333 bits per heavy atom. The lowest BCUT2D eigenvalue weighted by molar-refractivity contribution is 0.669. The molecule has 9 aromatic carbocycles. The Bertz CT molecular complexity index is 3140. The predicted octanol–water partition coefficient (Wildman–Crippen LogP) is 15.2. The van der Waals surface area contributed by atoms with Crippen molar-refractivity contribution in [3.05, 3.63) is 218 Å².